The maximum absolute atomic E-state index is 11.9. The fourth-order valence-corrected chi connectivity index (χ4v) is 1.67. The molecular weight excluding hydrogens is 258 g/mol. The molecule has 1 aromatic heterocycles. The molecule has 0 spiro atoms. The van der Waals surface area contributed by atoms with E-state index in [2.05, 4.69) is 15.6 Å². The number of anilines is 2. The molecule has 1 heterocycles. The number of aromatic nitrogens is 1. The second kappa shape index (κ2) is 6.42. The smallest absolute Gasteiger partial charge is 0.325 e. The Kier molecular flexibility index (Phi) is 4.39. The molecule has 0 atom stereocenters. The largest absolute Gasteiger partial charge is 0.494 e. The van der Waals surface area contributed by atoms with E-state index in [1.165, 1.54) is 14.2 Å². The van der Waals surface area contributed by atoms with E-state index < -0.39 is 6.03 Å². The molecule has 0 aliphatic carbocycles. The molecule has 2 rings (SSSR count). The first-order chi connectivity index (χ1) is 9.74. The van der Waals surface area contributed by atoms with Crippen LogP contribution in [0.2, 0.25) is 0 Å². The Bertz CT molecular complexity index is 565. The number of hydrogen-bond acceptors (Lipinski definition) is 4. The van der Waals surface area contributed by atoms with Crippen LogP contribution in [-0.4, -0.2) is 25.2 Å². The third-order valence-corrected chi connectivity index (χ3v) is 2.57. The van der Waals surface area contributed by atoms with Crippen molar-refractivity contribution < 1.29 is 14.3 Å². The summed E-state index contributed by atoms with van der Waals surface area (Å²) in [7, 11) is 3.05. The van der Waals surface area contributed by atoms with E-state index in [1.807, 2.05) is 0 Å². The van der Waals surface area contributed by atoms with Crippen molar-refractivity contribution in [3.63, 3.8) is 0 Å². The molecule has 1 aromatic carbocycles. The van der Waals surface area contributed by atoms with Crippen LogP contribution in [0.1, 0.15) is 0 Å². The number of pyridine rings is 1. The molecule has 0 aliphatic rings. The molecule has 6 heteroatoms. The van der Waals surface area contributed by atoms with E-state index in [0.29, 0.717) is 23.0 Å². The Morgan fingerprint density at radius 2 is 1.70 bits per heavy atom. The third kappa shape index (κ3) is 3.17. The van der Waals surface area contributed by atoms with Gasteiger partial charge in [0.15, 0.2) is 0 Å². The van der Waals surface area contributed by atoms with Gasteiger partial charge in [-0.15, -0.1) is 0 Å². The number of methoxy groups -OCH3 is 2. The highest BCUT2D eigenvalue weighted by Crippen LogP contribution is 2.34. The maximum atomic E-state index is 11.9. The molecule has 0 saturated heterocycles. The Labute approximate surface area is 116 Å². The van der Waals surface area contributed by atoms with Gasteiger partial charge in [0.05, 0.1) is 14.2 Å². The first-order valence-electron chi connectivity index (χ1n) is 5.94. The summed E-state index contributed by atoms with van der Waals surface area (Å²) in [6.45, 7) is 0. The summed E-state index contributed by atoms with van der Waals surface area (Å²) >= 11 is 0. The zero-order valence-corrected chi connectivity index (χ0v) is 11.2. The summed E-state index contributed by atoms with van der Waals surface area (Å²) < 4.78 is 10.4. The minimum Gasteiger partial charge on any atom is -0.494 e. The highest BCUT2D eigenvalue weighted by atomic mass is 16.5. The van der Waals surface area contributed by atoms with E-state index in [0.717, 1.165) is 0 Å². The van der Waals surface area contributed by atoms with Crippen molar-refractivity contribution in [2.75, 3.05) is 24.9 Å². The SMILES string of the molecule is COc1cccc(OC)c1NC(=O)Nc1ccccn1. The van der Waals surface area contributed by atoms with Crippen LogP contribution in [0.3, 0.4) is 0 Å². The Hall–Kier alpha value is -2.76. The van der Waals surface area contributed by atoms with Crippen molar-refractivity contribution in [2.24, 2.45) is 0 Å². The predicted molar refractivity (Wildman–Crippen MR) is 76.4 cm³/mol. The van der Waals surface area contributed by atoms with Crippen molar-refractivity contribution >= 4 is 17.5 Å². The molecule has 0 radical (unpaired) electrons. The van der Waals surface area contributed by atoms with Crippen LogP contribution >= 0.6 is 0 Å². The maximum Gasteiger partial charge on any atom is 0.325 e. The van der Waals surface area contributed by atoms with Gasteiger partial charge in [-0.3, -0.25) is 5.32 Å². The van der Waals surface area contributed by atoms with Gasteiger partial charge in [0.1, 0.15) is 23.0 Å². The second-order valence-electron chi connectivity index (χ2n) is 3.83. The highest BCUT2D eigenvalue weighted by molar-refractivity contribution is 6.01. The van der Waals surface area contributed by atoms with E-state index in [4.69, 9.17) is 9.47 Å². The lowest BCUT2D eigenvalue weighted by Crippen LogP contribution is -2.20. The lowest BCUT2D eigenvalue weighted by Gasteiger charge is -2.14. The number of benzene rings is 1. The molecule has 2 amide bonds. The normalized spacial score (nSPS) is 9.70. The molecule has 0 aliphatic heterocycles. The van der Waals surface area contributed by atoms with Gasteiger partial charge in [0.2, 0.25) is 0 Å². The first kappa shape index (κ1) is 13.7. The predicted octanol–water partition coefficient (Wildman–Crippen LogP) is 2.74. The quantitative estimate of drug-likeness (QED) is 0.898. The topological polar surface area (TPSA) is 72.5 Å². The summed E-state index contributed by atoms with van der Waals surface area (Å²) in [6, 6.07) is 10.1. The number of carbonyl (C=O) groups excluding carboxylic acids is 1. The Balaban J connectivity index is 2.15. The van der Waals surface area contributed by atoms with Gasteiger partial charge in [-0.25, -0.2) is 9.78 Å². The number of nitrogens with one attached hydrogen (secondary N) is 2. The second-order valence-corrected chi connectivity index (χ2v) is 3.83. The van der Waals surface area contributed by atoms with Gasteiger partial charge in [-0.05, 0) is 24.3 Å². The number of nitrogens with zero attached hydrogens (tertiary/aromatic N) is 1. The third-order valence-electron chi connectivity index (χ3n) is 2.57. The van der Waals surface area contributed by atoms with Crippen LogP contribution < -0.4 is 20.1 Å². The van der Waals surface area contributed by atoms with Crippen molar-refractivity contribution in [2.45, 2.75) is 0 Å². The Morgan fingerprint density at radius 1 is 1.00 bits per heavy atom. The number of urea groups is 1. The molecule has 2 aromatic rings. The summed E-state index contributed by atoms with van der Waals surface area (Å²) in [4.78, 5) is 16.0. The first-order valence-corrected chi connectivity index (χ1v) is 5.94. The summed E-state index contributed by atoms with van der Waals surface area (Å²) in [5, 5.41) is 5.31. The van der Waals surface area contributed by atoms with Gasteiger partial charge in [-0.1, -0.05) is 12.1 Å². The number of para-hydroxylation sites is 1. The molecule has 20 heavy (non-hydrogen) atoms. The fraction of sp³-hybridized carbons (Fsp3) is 0.143. The van der Waals surface area contributed by atoms with Gasteiger partial charge in [-0.2, -0.15) is 0 Å². The standard InChI is InChI=1S/C14H15N3O3/c1-19-10-6-5-7-11(20-2)13(10)17-14(18)16-12-8-3-4-9-15-12/h3-9H,1-2H3,(H2,15,16,17,18). The van der Waals surface area contributed by atoms with Gasteiger partial charge >= 0.3 is 6.03 Å². The molecular formula is C14H15N3O3. The van der Waals surface area contributed by atoms with Crippen LogP contribution in [0.15, 0.2) is 42.6 Å². The van der Waals surface area contributed by atoms with E-state index in [1.54, 1.807) is 42.6 Å². The minimum atomic E-state index is -0.425. The monoisotopic (exact) mass is 273 g/mol. The van der Waals surface area contributed by atoms with Crippen molar-refractivity contribution in [1.29, 1.82) is 0 Å². The van der Waals surface area contributed by atoms with Gasteiger partial charge < -0.3 is 14.8 Å². The number of carbonyl (C=O) groups is 1. The number of ether oxygens (including phenoxy) is 2. The highest BCUT2D eigenvalue weighted by Gasteiger charge is 2.13. The molecule has 0 unspecified atom stereocenters. The zero-order valence-electron chi connectivity index (χ0n) is 11.2. The molecule has 2 N–H and O–H groups in total. The molecule has 0 fully saturated rings. The fourth-order valence-electron chi connectivity index (χ4n) is 1.67. The average Bonchev–Trinajstić information content (AvgIpc) is 2.48. The van der Waals surface area contributed by atoms with Crippen molar-refractivity contribution in [3.05, 3.63) is 42.6 Å². The molecule has 0 bridgehead atoms. The zero-order chi connectivity index (χ0) is 14.4. The summed E-state index contributed by atoms with van der Waals surface area (Å²) in [6.07, 6.45) is 1.60. The van der Waals surface area contributed by atoms with Gasteiger partial charge in [0, 0.05) is 6.20 Å². The van der Waals surface area contributed by atoms with Crippen molar-refractivity contribution in [1.82, 2.24) is 4.98 Å². The minimum absolute atomic E-state index is 0.425. The van der Waals surface area contributed by atoms with Crippen LogP contribution in [0, 0.1) is 0 Å². The number of amides is 2. The molecule has 6 nitrogen and oxygen atoms in total. The van der Waals surface area contributed by atoms with Crippen LogP contribution in [0.5, 0.6) is 11.5 Å². The summed E-state index contributed by atoms with van der Waals surface area (Å²) in [5.41, 5.74) is 0.464. The number of rotatable bonds is 4. The molecule has 0 saturated carbocycles. The van der Waals surface area contributed by atoms with Crippen LogP contribution in [-0.2, 0) is 0 Å². The van der Waals surface area contributed by atoms with E-state index >= 15 is 0 Å². The molecule has 104 valence electrons. The Morgan fingerprint density at radius 3 is 2.25 bits per heavy atom. The van der Waals surface area contributed by atoms with E-state index in [9.17, 15) is 4.79 Å². The van der Waals surface area contributed by atoms with Gasteiger partial charge in [0.25, 0.3) is 0 Å². The lowest BCUT2D eigenvalue weighted by atomic mass is 10.2. The van der Waals surface area contributed by atoms with Crippen molar-refractivity contribution in [3.8, 4) is 11.5 Å². The lowest BCUT2D eigenvalue weighted by molar-refractivity contribution is 0.261. The van der Waals surface area contributed by atoms with E-state index in [-0.39, 0.29) is 0 Å². The average molecular weight is 273 g/mol. The van der Waals surface area contributed by atoms with Crippen LogP contribution in [0.25, 0.3) is 0 Å². The number of hydrogen-bond donors (Lipinski definition) is 2. The summed E-state index contributed by atoms with van der Waals surface area (Å²) in [5.74, 6) is 1.49. The van der Waals surface area contributed by atoms with Crippen LogP contribution in [0.4, 0.5) is 16.3 Å².